The number of hydrogen-bond acceptors (Lipinski definition) is 6. The number of hydrogen-bond donors (Lipinski definition) is 1. The predicted molar refractivity (Wildman–Crippen MR) is 188 cm³/mol. The Morgan fingerprint density at radius 2 is 1.72 bits per heavy atom. The number of nitrogens with one attached hydrogen (secondary N) is 1. The number of fused-ring (bicyclic) bond motifs is 2. The third-order valence-electron chi connectivity index (χ3n) is 8.36. The summed E-state index contributed by atoms with van der Waals surface area (Å²) in [5, 5.41) is 8.46. The fourth-order valence-corrected chi connectivity index (χ4v) is 7.59. The molecule has 0 fully saturated rings. The zero-order valence-electron chi connectivity index (χ0n) is 25.1. The maximum absolute atomic E-state index is 14.0. The van der Waals surface area contributed by atoms with E-state index < -0.39 is 0 Å². The number of H-pyrrole nitrogens is 1. The third kappa shape index (κ3) is 5.56. The molecule has 8 nitrogen and oxygen atoms in total. The maximum Gasteiger partial charge on any atom is 0.266 e. The quantitative estimate of drug-likeness (QED) is 0.173. The molecule has 1 atom stereocenters. The van der Waals surface area contributed by atoms with Gasteiger partial charge in [-0.3, -0.25) is 19.2 Å². The minimum Gasteiger partial charge on any atom is -0.497 e. The van der Waals surface area contributed by atoms with Crippen LogP contribution in [0.2, 0.25) is 0 Å². The molecule has 4 aromatic carbocycles. The van der Waals surface area contributed by atoms with Crippen LogP contribution in [0.1, 0.15) is 35.1 Å². The van der Waals surface area contributed by atoms with E-state index in [0.717, 1.165) is 37.9 Å². The Bertz CT molecular complexity index is 2210. The number of methoxy groups -OCH3 is 1. The lowest BCUT2D eigenvalue weighted by atomic mass is 9.96. The van der Waals surface area contributed by atoms with Gasteiger partial charge in [-0.25, -0.2) is 4.98 Å². The molecule has 1 N–H and O–H groups in total. The number of rotatable bonds is 8. The van der Waals surface area contributed by atoms with E-state index in [1.54, 1.807) is 37.4 Å². The molecule has 0 bridgehead atoms. The van der Waals surface area contributed by atoms with Crippen molar-refractivity contribution < 1.29 is 9.53 Å². The van der Waals surface area contributed by atoms with Crippen molar-refractivity contribution in [3.05, 3.63) is 133 Å². The number of aromatic nitrogens is 3. The van der Waals surface area contributed by atoms with Crippen LogP contribution in [0.25, 0.3) is 27.5 Å². The summed E-state index contributed by atoms with van der Waals surface area (Å²) in [5.41, 5.74) is 6.02. The number of carbonyl (C=O) groups excluding carboxylic acids is 1. The van der Waals surface area contributed by atoms with Gasteiger partial charge in [0.15, 0.2) is 5.78 Å². The summed E-state index contributed by atoms with van der Waals surface area (Å²) in [6, 6.07) is 28.9. The monoisotopic (exact) mass is 737 g/mol. The Morgan fingerprint density at radius 1 is 0.978 bits per heavy atom. The number of aromatic amines is 1. The SMILES string of the molecule is COc1ccc(-n2c(CC(=O)CN3N=C(c4ccccc4)CC3c3c(C)[nH]c4ccccc34)nc3c(Br)cc(Br)cc3c2=O)cc1. The minimum absolute atomic E-state index is 0.0535. The Labute approximate surface area is 282 Å². The third-order valence-corrected chi connectivity index (χ3v) is 9.43. The Morgan fingerprint density at radius 3 is 2.48 bits per heavy atom. The standard InChI is InChI=1S/C36H29Br2N5O3/c1-21-34(27-10-6-7-11-30(27)39-21)32-19-31(22-8-4-3-5-9-22)41-42(32)20-25(44)18-33-40-35-28(16-23(37)17-29(35)38)36(45)43(33)24-12-14-26(46-2)15-13-24/h3-17,32,39H,18-20H2,1-2H3. The molecular weight excluding hydrogens is 710 g/mol. The summed E-state index contributed by atoms with van der Waals surface area (Å²) >= 11 is 7.06. The Balaban J connectivity index is 1.28. The van der Waals surface area contributed by atoms with Gasteiger partial charge in [0.05, 0.1) is 48.4 Å². The summed E-state index contributed by atoms with van der Waals surface area (Å²) in [4.78, 5) is 36.4. The average molecular weight is 739 g/mol. The molecule has 2 aromatic heterocycles. The van der Waals surface area contributed by atoms with E-state index in [1.807, 2.05) is 53.5 Å². The van der Waals surface area contributed by atoms with E-state index >= 15 is 0 Å². The smallest absolute Gasteiger partial charge is 0.266 e. The normalized spacial score (nSPS) is 14.7. The van der Waals surface area contributed by atoms with Crippen LogP contribution in [-0.2, 0) is 11.2 Å². The van der Waals surface area contributed by atoms with Gasteiger partial charge >= 0.3 is 0 Å². The van der Waals surface area contributed by atoms with Crippen molar-refractivity contribution >= 4 is 65.2 Å². The van der Waals surface area contributed by atoms with Gasteiger partial charge < -0.3 is 9.72 Å². The number of ketones is 1. The van der Waals surface area contributed by atoms with E-state index in [2.05, 4.69) is 55.9 Å². The maximum atomic E-state index is 14.0. The Kier molecular flexibility index (Phi) is 8.08. The number of benzene rings is 4. The molecule has 0 saturated carbocycles. The summed E-state index contributed by atoms with van der Waals surface area (Å²) < 4.78 is 8.26. The zero-order valence-corrected chi connectivity index (χ0v) is 28.3. The van der Waals surface area contributed by atoms with Crippen molar-refractivity contribution in [2.45, 2.75) is 25.8 Å². The van der Waals surface area contributed by atoms with Crippen molar-refractivity contribution in [1.82, 2.24) is 19.5 Å². The largest absolute Gasteiger partial charge is 0.497 e. The molecule has 3 heterocycles. The molecule has 0 spiro atoms. The number of hydrazone groups is 1. The van der Waals surface area contributed by atoms with Crippen molar-refractivity contribution in [2.24, 2.45) is 5.10 Å². The molecule has 0 amide bonds. The van der Waals surface area contributed by atoms with Crippen molar-refractivity contribution in [2.75, 3.05) is 13.7 Å². The van der Waals surface area contributed by atoms with Crippen molar-refractivity contribution in [3.63, 3.8) is 0 Å². The van der Waals surface area contributed by atoms with Gasteiger partial charge in [0, 0.05) is 37.5 Å². The fourth-order valence-electron chi connectivity index (χ4n) is 6.27. The van der Waals surface area contributed by atoms with Gasteiger partial charge in [0.1, 0.15) is 11.6 Å². The van der Waals surface area contributed by atoms with Gasteiger partial charge in [-0.2, -0.15) is 5.10 Å². The highest BCUT2D eigenvalue weighted by molar-refractivity contribution is 9.11. The van der Waals surface area contributed by atoms with Gasteiger partial charge in [0.25, 0.3) is 5.56 Å². The van der Waals surface area contributed by atoms with Gasteiger partial charge in [0.2, 0.25) is 0 Å². The number of halogens is 2. The predicted octanol–water partition coefficient (Wildman–Crippen LogP) is 7.67. The number of para-hydroxylation sites is 1. The van der Waals surface area contributed by atoms with E-state index in [9.17, 15) is 9.59 Å². The number of Topliss-reactive ketones (excluding diaryl/α,β-unsaturated/α-hetero) is 1. The van der Waals surface area contributed by atoms with Crippen LogP contribution in [0, 0.1) is 6.92 Å². The van der Waals surface area contributed by atoms with Crippen molar-refractivity contribution in [3.8, 4) is 11.4 Å². The van der Waals surface area contributed by atoms with Crippen LogP contribution in [0.4, 0.5) is 0 Å². The first-order valence-electron chi connectivity index (χ1n) is 14.8. The summed E-state index contributed by atoms with van der Waals surface area (Å²) in [7, 11) is 1.59. The van der Waals surface area contributed by atoms with Gasteiger partial charge in [-0.05, 0) is 70.9 Å². The van der Waals surface area contributed by atoms with E-state index in [4.69, 9.17) is 14.8 Å². The molecule has 0 radical (unpaired) electrons. The van der Waals surface area contributed by atoms with Crippen LogP contribution in [-0.4, -0.2) is 44.7 Å². The van der Waals surface area contributed by atoms with Crippen LogP contribution in [0.15, 0.2) is 110 Å². The highest BCUT2D eigenvalue weighted by Crippen LogP contribution is 2.38. The van der Waals surface area contributed by atoms with E-state index in [1.165, 1.54) is 4.57 Å². The second-order valence-electron chi connectivity index (χ2n) is 11.3. The van der Waals surface area contributed by atoms with E-state index in [-0.39, 0.29) is 30.3 Å². The lowest BCUT2D eigenvalue weighted by molar-refractivity contribution is -0.120. The molecule has 7 rings (SSSR count). The molecule has 0 aliphatic carbocycles. The van der Waals surface area contributed by atoms with Crippen molar-refractivity contribution in [1.29, 1.82) is 0 Å². The molecule has 10 heteroatoms. The first-order chi connectivity index (χ1) is 22.3. The number of carbonyl (C=O) groups is 1. The minimum atomic E-state index is -0.266. The number of aryl methyl sites for hydroxylation is 1. The average Bonchev–Trinajstić information content (AvgIpc) is 3.61. The molecule has 1 aliphatic rings. The first kappa shape index (κ1) is 30.1. The molecule has 0 saturated heterocycles. The first-order valence-corrected chi connectivity index (χ1v) is 16.4. The number of ether oxygens (including phenoxy) is 1. The summed E-state index contributed by atoms with van der Waals surface area (Å²) in [6.07, 6.45) is 0.596. The van der Waals surface area contributed by atoms with Crippen LogP contribution in [0.5, 0.6) is 5.75 Å². The Hall–Kier alpha value is -4.54. The molecular formula is C36H29Br2N5O3. The highest BCUT2D eigenvalue weighted by Gasteiger charge is 2.33. The molecule has 6 aromatic rings. The molecule has 46 heavy (non-hydrogen) atoms. The van der Waals surface area contributed by atoms with Crippen LogP contribution in [0.3, 0.4) is 0 Å². The molecule has 1 unspecified atom stereocenters. The lowest BCUT2D eigenvalue weighted by Gasteiger charge is -2.24. The topological polar surface area (TPSA) is 92.6 Å². The van der Waals surface area contributed by atoms with Gasteiger partial charge in [-0.1, -0.05) is 64.5 Å². The summed E-state index contributed by atoms with van der Waals surface area (Å²) in [6.45, 7) is 2.12. The second-order valence-corrected chi connectivity index (χ2v) is 13.1. The lowest BCUT2D eigenvalue weighted by Crippen LogP contribution is -2.30. The summed E-state index contributed by atoms with van der Waals surface area (Å²) in [5.74, 6) is 0.901. The zero-order chi connectivity index (χ0) is 31.9. The van der Waals surface area contributed by atoms with Crippen LogP contribution >= 0.6 is 31.9 Å². The van der Waals surface area contributed by atoms with E-state index in [0.29, 0.717) is 39.1 Å². The van der Waals surface area contributed by atoms with Gasteiger partial charge in [-0.15, -0.1) is 0 Å². The highest BCUT2D eigenvalue weighted by atomic mass is 79.9. The number of nitrogens with zero attached hydrogens (tertiary/aromatic N) is 4. The molecule has 230 valence electrons. The fraction of sp³-hybridized carbons (Fsp3) is 0.167. The molecule has 1 aliphatic heterocycles. The second kappa shape index (κ2) is 12.3. The van der Waals surface area contributed by atoms with Crippen LogP contribution < -0.4 is 10.3 Å².